The predicted molar refractivity (Wildman–Crippen MR) is 133 cm³/mol. The molecule has 2 aromatic rings. The van der Waals surface area contributed by atoms with E-state index in [2.05, 4.69) is 40.0 Å². The minimum Gasteiger partial charge on any atom is -0.380 e. The standard InChI is InChI=1S/C22H31FN4OS.HI/c1-3-24-22(25-14-17-8-9-19(23)18(13-17)16-28-2)26-15-20(21-7-6-12-29-21)27-10-4-5-11-27;/h6-9,12-13,20H,3-5,10-11,14-16H2,1-2H3,(H2,24,25,26);1H. The number of benzene rings is 1. The molecule has 3 rings (SSSR count). The normalized spacial score (nSPS) is 15.6. The van der Waals surface area contributed by atoms with E-state index in [1.54, 1.807) is 13.2 Å². The van der Waals surface area contributed by atoms with Crippen molar-refractivity contribution in [3.8, 4) is 0 Å². The fourth-order valence-electron chi connectivity index (χ4n) is 3.64. The number of nitrogens with zero attached hydrogens (tertiary/aromatic N) is 2. The van der Waals surface area contributed by atoms with Crippen molar-refractivity contribution in [2.75, 3.05) is 33.3 Å². The fourth-order valence-corrected chi connectivity index (χ4v) is 4.50. The third-order valence-corrected chi connectivity index (χ3v) is 6.06. The van der Waals surface area contributed by atoms with Crippen LogP contribution in [-0.2, 0) is 17.9 Å². The molecule has 1 saturated heterocycles. The van der Waals surface area contributed by atoms with Crippen LogP contribution in [0.1, 0.15) is 41.8 Å². The molecule has 1 atom stereocenters. The molecular weight excluding hydrogens is 514 g/mol. The highest BCUT2D eigenvalue weighted by Gasteiger charge is 2.24. The lowest BCUT2D eigenvalue weighted by molar-refractivity contribution is 0.181. The van der Waals surface area contributed by atoms with Crippen LogP contribution in [0.15, 0.2) is 40.7 Å². The number of guanidine groups is 1. The molecule has 5 nitrogen and oxygen atoms in total. The van der Waals surface area contributed by atoms with Gasteiger partial charge in [0.2, 0.25) is 0 Å². The highest BCUT2D eigenvalue weighted by Crippen LogP contribution is 2.27. The fraction of sp³-hybridized carbons (Fsp3) is 0.500. The van der Waals surface area contributed by atoms with E-state index in [1.807, 2.05) is 17.4 Å². The first-order valence-corrected chi connectivity index (χ1v) is 11.1. The van der Waals surface area contributed by atoms with Gasteiger partial charge in [-0.05, 0) is 62.0 Å². The van der Waals surface area contributed by atoms with E-state index in [-0.39, 0.29) is 36.4 Å². The predicted octanol–water partition coefficient (Wildman–Crippen LogP) is 4.54. The average Bonchev–Trinajstić information content (AvgIpc) is 3.43. The van der Waals surface area contributed by atoms with Gasteiger partial charge in [0.25, 0.3) is 0 Å². The van der Waals surface area contributed by atoms with E-state index in [1.165, 1.54) is 23.8 Å². The zero-order chi connectivity index (χ0) is 20.5. The summed E-state index contributed by atoms with van der Waals surface area (Å²) in [5, 5.41) is 8.98. The minimum atomic E-state index is -0.242. The number of likely N-dealkylation sites (tertiary alicyclic amines) is 1. The number of methoxy groups -OCH3 is 1. The van der Waals surface area contributed by atoms with Gasteiger partial charge in [-0.15, -0.1) is 35.3 Å². The number of rotatable bonds is 9. The van der Waals surface area contributed by atoms with Crippen molar-refractivity contribution in [3.63, 3.8) is 0 Å². The van der Waals surface area contributed by atoms with E-state index in [4.69, 9.17) is 9.73 Å². The Hall–Kier alpha value is -1.23. The summed E-state index contributed by atoms with van der Waals surface area (Å²) in [5.74, 6) is 0.542. The van der Waals surface area contributed by atoms with Gasteiger partial charge in [-0.2, -0.15) is 0 Å². The van der Waals surface area contributed by atoms with Crippen LogP contribution >= 0.6 is 35.3 Å². The van der Waals surface area contributed by atoms with Crippen molar-refractivity contribution in [3.05, 3.63) is 57.5 Å². The van der Waals surface area contributed by atoms with Gasteiger partial charge in [0.1, 0.15) is 5.82 Å². The lowest BCUT2D eigenvalue weighted by atomic mass is 10.1. The molecule has 1 aromatic carbocycles. The number of halogens is 2. The van der Waals surface area contributed by atoms with Crippen LogP contribution in [0.25, 0.3) is 0 Å². The van der Waals surface area contributed by atoms with Gasteiger partial charge in [0.05, 0.1) is 19.2 Å². The van der Waals surface area contributed by atoms with E-state index < -0.39 is 0 Å². The molecule has 1 unspecified atom stereocenters. The Bertz CT molecular complexity index is 781. The van der Waals surface area contributed by atoms with Gasteiger partial charge in [-0.1, -0.05) is 12.1 Å². The molecule has 0 spiro atoms. The molecule has 1 aliphatic rings. The van der Waals surface area contributed by atoms with E-state index >= 15 is 0 Å². The molecule has 166 valence electrons. The molecule has 0 saturated carbocycles. The number of ether oxygens (including phenoxy) is 1. The SMILES string of the molecule is CCNC(=NCc1ccc(F)c(COC)c1)NCC(c1cccs1)N1CCCC1.I. The van der Waals surface area contributed by atoms with E-state index in [0.29, 0.717) is 18.2 Å². The summed E-state index contributed by atoms with van der Waals surface area (Å²) < 4.78 is 18.9. The maximum atomic E-state index is 13.8. The van der Waals surface area contributed by atoms with Crippen LogP contribution in [0.4, 0.5) is 4.39 Å². The smallest absolute Gasteiger partial charge is 0.191 e. The summed E-state index contributed by atoms with van der Waals surface area (Å²) in [6, 6.07) is 9.79. The molecule has 0 bridgehead atoms. The molecule has 8 heteroatoms. The summed E-state index contributed by atoms with van der Waals surface area (Å²) in [6.07, 6.45) is 2.54. The quantitative estimate of drug-likeness (QED) is 0.276. The van der Waals surface area contributed by atoms with Gasteiger partial charge in [-0.25, -0.2) is 9.38 Å². The van der Waals surface area contributed by atoms with Gasteiger partial charge < -0.3 is 15.4 Å². The summed E-state index contributed by atoms with van der Waals surface area (Å²) >= 11 is 1.81. The minimum absolute atomic E-state index is 0. The molecule has 1 aliphatic heterocycles. The number of hydrogen-bond donors (Lipinski definition) is 2. The summed E-state index contributed by atoms with van der Waals surface area (Å²) in [4.78, 5) is 8.65. The number of thiophene rings is 1. The second-order valence-corrected chi connectivity index (χ2v) is 8.19. The summed E-state index contributed by atoms with van der Waals surface area (Å²) in [7, 11) is 1.57. The first-order valence-electron chi connectivity index (χ1n) is 10.3. The second-order valence-electron chi connectivity index (χ2n) is 7.21. The monoisotopic (exact) mass is 546 g/mol. The topological polar surface area (TPSA) is 48.9 Å². The number of hydrogen-bond acceptors (Lipinski definition) is 4. The third kappa shape index (κ3) is 7.18. The zero-order valence-corrected chi connectivity index (χ0v) is 20.8. The molecule has 30 heavy (non-hydrogen) atoms. The van der Waals surface area contributed by atoms with Crippen molar-refractivity contribution in [1.82, 2.24) is 15.5 Å². The molecule has 1 fully saturated rings. The molecule has 2 N–H and O–H groups in total. The van der Waals surface area contributed by atoms with Crippen LogP contribution in [0.2, 0.25) is 0 Å². The van der Waals surface area contributed by atoms with Crippen LogP contribution in [0.3, 0.4) is 0 Å². The van der Waals surface area contributed by atoms with E-state index in [9.17, 15) is 4.39 Å². The van der Waals surface area contributed by atoms with Crippen molar-refractivity contribution in [1.29, 1.82) is 0 Å². The first kappa shape index (κ1) is 25.0. The van der Waals surface area contributed by atoms with Crippen LogP contribution in [-0.4, -0.2) is 44.1 Å². The Labute approximate surface area is 200 Å². The average molecular weight is 546 g/mol. The van der Waals surface area contributed by atoms with Crippen molar-refractivity contribution >= 4 is 41.3 Å². The Morgan fingerprint density at radius 3 is 2.73 bits per heavy atom. The van der Waals surface area contributed by atoms with Gasteiger partial charge >= 0.3 is 0 Å². The third-order valence-electron chi connectivity index (χ3n) is 5.09. The molecule has 0 radical (unpaired) electrons. The molecule has 2 heterocycles. The molecular formula is C22H32FIN4OS. The van der Waals surface area contributed by atoms with Gasteiger partial charge in [0, 0.05) is 30.6 Å². The Balaban J connectivity index is 0.00000320. The maximum absolute atomic E-state index is 13.8. The van der Waals surface area contributed by atoms with Crippen molar-refractivity contribution < 1.29 is 9.13 Å². The van der Waals surface area contributed by atoms with E-state index in [0.717, 1.165) is 37.7 Å². The number of aliphatic imine (C=N–C) groups is 1. The highest BCUT2D eigenvalue weighted by atomic mass is 127. The van der Waals surface area contributed by atoms with Crippen molar-refractivity contribution in [2.45, 2.75) is 39.0 Å². The maximum Gasteiger partial charge on any atom is 0.191 e. The summed E-state index contributed by atoms with van der Waals surface area (Å²) in [6.45, 7) is 6.70. The number of nitrogens with one attached hydrogen (secondary N) is 2. The Morgan fingerprint density at radius 2 is 2.07 bits per heavy atom. The molecule has 0 amide bonds. The zero-order valence-electron chi connectivity index (χ0n) is 17.7. The molecule has 0 aliphatic carbocycles. The Morgan fingerprint density at radius 1 is 1.27 bits per heavy atom. The Kier molecular flexibility index (Phi) is 11.0. The lowest BCUT2D eigenvalue weighted by Crippen LogP contribution is -2.42. The first-order chi connectivity index (χ1) is 14.2. The van der Waals surface area contributed by atoms with Crippen LogP contribution in [0, 0.1) is 5.82 Å². The lowest BCUT2D eigenvalue weighted by Gasteiger charge is -2.27. The second kappa shape index (κ2) is 13.2. The largest absolute Gasteiger partial charge is 0.380 e. The van der Waals surface area contributed by atoms with Gasteiger partial charge in [-0.3, -0.25) is 4.90 Å². The van der Waals surface area contributed by atoms with Crippen molar-refractivity contribution in [2.24, 2.45) is 4.99 Å². The summed E-state index contributed by atoms with van der Waals surface area (Å²) in [5.41, 5.74) is 1.52. The molecule has 1 aromatic heterocycles. The van der Waals surface area contributed by atoms with Crippen LogP contribution < -0.4 is 10.6 Å². The van der Waals surface area contributed by atoms with Gasteiger partial charge in [0.15, 0.2) is 5.96 Å². The van der Waals surface area contributed by atoms with Crippen LogP contribution in [0.5, 0.6) is 0 Å². The highest BCUT2D eigenvalue weighted by molar-refractivity contribution is 14.0.